The van der Waals surface area contributed by atoms with Crippen LogP contribution in [0.3, 0.4) is 0 Å². The standard InChI is InChI=1S/C21H25N5O3/c1-21(2,3)29-20(27)25-11-8-14-13-26(24-15(14)9-12-25)17-7-10-22-16-5-6-18(28-4)23-19(16)17/h5-7,10,13H,8-9,11-12H2,1-4H3. The lowest BCUT2D eigenvalue weighted by molar-refractivity contribution is 0.0258. The number of amides is 1. The van der Waals surface area contributed by atoms with Gasteiger partial charge in [-0.2, -0.15) is 5.10 Å². The smallest absolute Gasteiger partial charge is 0.410 e. The maximum Gasteiger partial charge on any atom is 0.410 e. The zero-order chi connectivity index (χ0) is 20.6. The fourth-order valence-electron chi connectivity index (χ4n) is 3.40. The Bertz CT molecular complexity index is 1030. The largest absolute Gasteiger partial charge is 0.481 e. The molecule has 3 aromatic heterocycles. The van der Waals surface area contributed by atoms with Gasteiger partial charge in [0.15, 0.2) is 0 Å². The first-order chi connectivity index (χ1) is 13.8. The molecule has 4 heterocycles. The van der Waals surface area contributed by atoms with Gasteiger partial charge >= 0.3 is 6.09 Å². The van der Waals surface area contributed by atoms with Gasteiger partial charge in [-0.3, -0.25) is 4.98 Å². The molecule has 0 spiro atoms. The normalized spacial score (nSPS) is 14.4. The fourth-order valence-corrected chi connectivity index (χ4v) is 3.40. The van der Waals surface area contributed by atoms with Gasteiger partial charge in [-0.25, -0.2) is 14.5 Å². The number of hydrogen-bond donors (Lipinski definition) is 0. The molecular weight excluding hydrogens is 370 g/mol. The Hall–Kier alpha value is -3.16. The number of carbonyl (C=O) groups is 1. The van der Waals surface area contributed by atoms with Crippen molar-refractivity contribution in [3.8, 4) is 11.6 Å². The van der Waals surface area contributed by atoms with Crippen LogP contribution >= 0.6 is 0 Å². The first kappa shape index (κ1) is 19.2. The monoisotopic (exact) mass is 395 g/mol. The molecule has 0 N–H and O–H groups in total. The minimum absolute atomic E-state index is 0.271. The summed E-state index contributed by atoms with van der Waals surface area (Å²) in [6.45, 7) is 6.83. The van der Waals surface area contributed by atoms with E-state index in [2.05, 4.69) is 9.97 Å². The summed E-state index contributed by atoms with van der Waals surface area (Å²) in [6, 6.07) is 5.58. The van der Waals surface area contributed by atoms with Crippen molar-refractivity contribution in [1.29, 1.82) is 0 Å². The molecule has 0 unspecified atom stereocenters. The van der Waals surface area contributed by atoms with E-state index in [0.717, 1.165) is 34.4 Å². The average Bonchev–Trinajstić information content (AvgIpc) is 2.98. The van der Waals surface area contributed by atoms with Crippen LogP contribution in [0.4, 0.5) is 4.79 Å². The summed E-state index contributed by atoms with van der Waals surface area (Å²) in [5, 5.41) is 4.78. The molecule has 0 aromatic carbocycles. The molecule has 8 nitrogen and oxygen atoms in total. The molecular formula is C21H25N5O3. The highest BCUT2D eigenvalue weighted by molar-refractivity contribution is 5.83. The highest BCUT2D eigenvalue weighted by Crippen LogP contribution is 2.24. The number of nitrogens with zero attached hydrogens (tertiary/aromatic N) is 5. The van der Waals surface area contributed by atoms with Crippen LogP contribution in [0.1, 0.15) is 32.0 Å². The van der Waals surface area contributed by atoms with Gasteiger partial charge < -0.3 is 14.4 Å². The highest BCUT2D eigenvalue weighted by atomic mass is 16.6. The van der Waals surface area contributed by atoms with Crippen molar-refractivity contribution in [3.05, 3.63) is 41.9 Å². The molecule has 0 bridgehead atoms. The molecule has 1 aliphatic heterocycles. The first-order valence-electron chi connectivity index (χ1n) is 9.69. The number of rotatable bonds is 2. The van der Waals surface area contributed by atoms with Gasteiger partial charge in [0.1, 0.15) is 11.1 Å². The van der Waals surface area contributed by atoms with E-state index in [1.54, 1.807) is 24.3 Å². The van der Waals surface area contributed by atoms with Crippen LogP contribution in [0, 0.1) is 0 Å². The van der Waals surface area contributed by atoms with E-state index >= 15 is 0 Å². The number of hydrogen-bond acceptors (Lipinski definition) is 6. The minimum atomic E-state index is -0.497. The van der Waals surface area contributed by atoms with Crippen LogP contribution in [0.5, 0.6) is 5.88 Å². The SMILES string of the molecule is COc1ccc2nccc(-n3cc4c(n3)CCN(C(=O)OC(C)(C)C)CC4)c2n1. The number of pyridine rings is 2. The molecule has 4 rings (SSSR count). The summed E-state index contributed by atoms with van der Waals surface area (Å²) in [4.78, 5) is 23.1. The van der Waals surface area contributed by atoms with Crippen LogP contribution in [0.15, 0.2) is 30.6 Å². The third-order valence-corrected chi connectivity index (χ3v) is 4.79. The fraction of sp³-hybridized carbons (Fsp3) is 0.429. The van der Waals surface area contributed by atoms with Crippen LogP contribution in [0.2, 0.25) is 0 Å². The van der Waals surface area contributed by atoms with Crippen molar-refractivity contribution < 1.29 is 14.3 Å². The van der Waals surface area contributed by atoms with E-state index in [1.807, 2.05) is 43.8 Å². The molecule has 0 radical (unpaired) electrons. The van der Waals surface area contributed by atoms with Crippen molar-refractivity contribution in [2.75, 3.05) is 20.2 Å². The molecule has 152 valence electrons. The van der Waals surface area contributed by atoms with E-state index in [1.165, 1.54) is 0 Å². The third-order valence-electron chi connectivity index (χ3n) is 4.79. The van der Waals surface area contributed by atoms with Crippen molar-refractivity contribution in [3.63, 3.8) is 0 Å². The number of methoxy groups -OCH3 is 1. The summed E-state index contributed by atoms with van der Waals surface area (Å²) in [5.74, 6) is 0.536. The number of carbonyl (C=O) groups excluding carboxylic acids is 1. The van der Waals surface area contributed by atoms with Crippen LogP contribution in [-0.4, -0.2) is 56.5 Å². The lowest BCUT2D eigenvalue weighted by Crippen LogP contribution is -2.38. The average molecular weight is 395 g/mol. The summed E-state index contributed by atoms with van der Waals surface area (Å²) in [7, 11) is 1.59. The zero-order valence-corrected chi connectivity index (χ0v) is 17.2. The number of aromatic nitrogens is 4. The Morgan fingerprint density at radius 3 is 2.69 bits per heavy atom. The predicted molar refractivity (Wildman–Crippen MR) is 108 cm³/mol. The Labute approximate surface area is 169 Å². The predicted octanol–water partition coefficient (Wildman–Crippen LogP) is 3.16. The van der Waals surface area contributed by atoms with Crippen LogP contribution < -0.4 is 4.74 Å². The number of fused-ring (bicyclic) bond motifs is 2. The molecule has 1 amide bonds. The Morgan fingerprint density at radius 2 is 1.93 bits per heavy atom. The van der Waals surface area contributed by atoms with Crippen molar-refractivity contribution in [2.45, 2.75) is 39.2 Å². The van der Waals surface area contributed by atoms with E-state index in [0.29, 0.717) is 25.4 Å². The lowest BCUT2D eigenvalue weighted by Gasteiger charge is -2.26. The van der Waals surface area contributed by atoms with Crippen molar-refractivity contribution >= 4 is 17.1 Å². The topological polar surface area (TPSA) is 82.4 Å². The van der Waals surface area contributed by atoms with E-state index in [9.17, 15) is 4.79 Å². The summed E-state index contributed by atoms with van der Waals surface area (Å²) in [6.07, 6.45) is 4.91. The molecule has 8 heteroatoms. The zero-order valence-electron chi connectivity index (χ0n) is 17.2. The van der Waals surface area contributed by atoms with Crippen molar-refractivity contribution in [2.24, 2.45) is 0 Å². The van der Waals surface area contributed by atoms with E-state index in [-0.39, 0.29) is 6.09 Å². The molecule has 0 fully saturated rings. The van der Waals surface area contributed by atoms with Gasteiger partial charge in [0.25, 0.3) is 0 Å². The van der Waals surface area contributed by atoms with E-state index < -0.39 is 5.60 Å². The molecule has 0 atom stereocenters. The molecule has 1 aliphatic rings. The Morgan fingerprint density at radius 1 is 1.14 bits per heavy atom. The van der Waals surface area contributed by atoms with Gasteiger partial charge in [-0.15, -0.1) is 0 Å². The van der Waals surface area contributed by atoms with Crippen molar-refractivity contribution in [1.82, 2.24) is 24.6 Å². The first-order valence-corrected chi connectivity index (χ1v) is 9.69. The molecule has 0 saturated heterocycles. The summed E-state index contributed by atoms with van der Waals surface area (Å²) in [5.41, 5.74) is 3.99. The van der Waals surface area contributed by atoms with Crippen LogP contribution in [-0.2, 0) is 17.6 Å². The van der Waals surface area contributed by atoms with Gasteiger partial charge in [-0.1, -0.05) is 0 Å². The second-order valence-electron chi connectivity index (χ2n) is 8.06. The quantitative estimate of drug-likeness (QED) is 0.663. The highest BCUT2D eigenvalue weighted by Gasteiger charge is 2.25. The maximum absolute atomic E-state index is 12.4. The summed E-state index contributed by atoms with van der Waals surface area (Å²) < 4.78 is 12.6. The lowest BCUT2D eigenvalue weighted by atomic mass is 10.2. The molecule has 0 saturated carbocycles. The molecule has 3 aromatic rings. The van der Waals surface area contributed by atoms with Gasteiger partial charge in [0.05, 0.1) is 24.0 Å². The van der Waals surface area contributed by atoms with E-state index in [4.69, 9.17) is 14.6 Å². The number of ether oxygens (including phenoxy) is 2. The second-order valence-corrected chi connectivity index (χ2v) is 8.06. The third kappa shape index (κ3) is 4.01. The molecule has 29 heavy (non-hydrogen) atoms. The van der Waals surface area contributed by atoms with Gasteiger partial charge in [0.2, 0.25) is 5.88 Å². The Balaban J connectivity index is 1.59. The molecule has 0 aliphatic carbocycles. The summed E-state index contributed by atoms with van der Waals surface area (Å²) >= 11 is 0. The Kier molecular flexibility index (Phi) is 4.86. The van der Waals surface area contributed by atoms with Gasteiger partial charge in [-0.05, 0) is 44.9 Å². The second kappa shape index (κ2) is 7.35. The minimum Gasteiger partial charge on any atom is -0.481 e. The van der Waals surface area contributed by atoms with Gasteiger partial charge in [0, 0.05) is 38.0 Å². The maximum atomic E-state index is 12.4. The van der Waals surface area contributed by atoms with Crippen LogP contribution in [0.25, 0.3) is 16.7 Å².